The van der Waals surface area contributed by atoms with Crippen LogP contribution in [0, 0.1) is 19.8 Å². The summed E-state index contributed by atoms with van der Waals surface area (Å²) in [6.07, 6.45) is 4.81. The maximum absolute atomic E-state index is 6.37. The highest BCUT2D eigenvalue weighted by atomic mass is 16.5. The van der Waals surface area contributed by atoms with E-state index in [4.69, 9.17) is 4.74 Å². The highest BCUT2D eigenvalue weighted by molar-refractivity contribution is 5.33. The molecule has 0 saturated heterocycles. The fraction of sp³-hybridized carbons (Fsp3) is 0.667. The van der Waals surface area contributed by atoms with Gasteiger partial charge in [-0.25, -0.2) is 0 Å². The van der Waals surface area contributed by atoms with Gasteiger partial charge in [-0.1, -0.05) is 19.9 Å². The van der Waals surface area contributed by atoms with Crippen molar-refractivity contribution in [3.8, 4) is 5.75 Å². The molecule has 0 radical (unpaired) electrons. The van der Waals surface area contributed by atoms with Crippen molar-refractivity contribution >= 4 is 0 Å². The zero-order valence-corrected chi connectivity index (χ0v) is 13.5. The number of benzene rings is 1. The molecule has 1 aliphatic rings. The fourth-order valence-electron chi connectivity index (χ4n) is 2.92. The van der Waals surface area contributed by atoms with Gasteiger partial charge in [0.05, 0.1) is 0 Å². The maximum atomic E-state index is 6.37. The van der Waals surface area contributed by atoms with Gasteiger partial charge in [-0.15, -0.1) is 0 Å². The summed E-state index contributed by atoms with van der Waals surface area (Å²) in [4.78, 5) is 0. The van der Waals surface area contributed by atoms with Crippen LogP contribution in [-0.2, 0) is 0 Å². The van der Waals surface area contributed by atoms with Crippen molar-refractivity contribution in [1.29, 1.82) is 0 Å². The Labute approximate surface area is 123 Å². The molecule has 0 bridgehead atoms. The van der Waals surface area contributed by atoms with Gasteiger partial charge in [-0.3, -0.25) is 0 Å². The number of rotatable bonds is 7. The van der Waals surface area contributed by atoms with Crippen molar-refractivity contribution in [1.82, 2.24) is 5.32 Å². The molecule has 2 heteroatoms. The van der Waals surface area contributed by atoms with Crippen LogP contribution in [-0.4, -0.2) is 18.7 Å². The highest BCUT2D eigenvalue weighted by Gasteiger charge is 2.38. The summed E-state index contributed by atoms with van der Waals surface area (Å²) >= 11 is 0. The van der Waals surface area contributed by atoms with Crippen molar-refractivity contribution in [2.45, 2.75) is 59.0 Å². The minimum Gasteiger partial charge on any atom is -0.487 e. The fourth-order valence-corrected chi connectivity index (χ4v) is 2.92. The molecule has 1 saturated carbocycles. The topological polar surface area (TPSA) is 21.3 Å². The molecule has 112 valence electrons. The lowest BCUT2D eigenvalue weighted by Crippen LogP contribution is -2.45. The van der Waals surface area contributed by atoms with Crippen LogP contribution in [0.2, 0.25) is 0 Å². The molecule has 0 aliphatic heterocycles. The molecule has 0 amide bonds. The second-order valence-electron chi connectivity index (χ2n) is 6.81. The first-order chi connectivity index (χ1) is 9.49. The van der Waals surface area contributed by atoms with Gasteiger partial charge in [0.2, 0.25) is 0 Å². The summed E-state index contributed by atoms with van der Waals surface area (Å²) in [5, 5.41) is 3.54. The van der Waals surface area contributed by atoms with Gasteiger partial charge in [-0.2, -0.15) is 0 Å². The van der Waals surface area contributed by atoms with Crippen molar-refractivity contribution in [3.05, 3.63) is 29.3 Å². The number of aryl methyl sites for hydroxylation is 2. The number of ether oxygens (including phenoxy) is 1. The first-order valence-corrected chi connectivity index (χ1v) is 7.97. The molecule has 2 rings (SSSR count). The van der Waals surface area contributed by atoms with E-state index in [0.29, 0.717) is 5.92 Å². The molecule has 1 aliphatic carbocycles. The highest BCUT2D eigenvalue weighted by Crippen LogP contribution is 2.39. The SMILES string of the molecule is Cc1cc(C)cc(OC2(CCNCC(C)C)CCC2)c1. The third-order valence-corrected chi connectivity index (χ3v) is 4.10. The molecular weight excluding hydrogens is 246 g/mol. The molecule has 0 atom stereocenters. The third-order valence-electron chi connectivity index (χ3n) is 4.10. The standard InChI is InChI=1S/C18H29NO/c1-14(2)13-19-9-8-18(6-5-7-18)20-17-11-15(3)10-16(4)12-17/h10-12,14,19H,5-9,13H2,1-4H3. The molecular formula is C18H29NO. The predicted molar refractivity (Wildman–Crippen MR) is 85.5 cm³/mol. The van der Waals surface area contributed by atoms with Gasteiger partial charge < -0.3 is 10.1 Å². The van der Waals surface area contributed by atoms with Gasteiger partial charge >= 0.3 is 0 Å². The van der Waals surface area contributed by atoms with Crippen LogP contribution in [0.25, 0.3) is 0 Å². The second-order valence-corrected chi connectivity index (χ2v) is 6.81. The Kier molecular flexibility index (Phi) is 5.09. The monoisotopic (exact) mass is 275 g/mol. The van der Waals surface area contributed by atoms with E-state index in [1.54, 1.807) is 0 Å². The number of nitrogens with one attached hydrogen (secondary N) is 1. The molecule has 0 spiro atoms. The van der Waals surface area contributed by atoms with E-state index in [-0.39, 0.29) is 5.60 Å². The number of hydrogen-bond donors (Lipinski definition) is 1. The van der Waals surface area contributed by atoms with E-state index in [9.17, 15) is 0 Å². The summed E-state index contributed by atoms with van der Waals surface area (Å²) in [5.41, 5.74) is 2.66. The smallest absolute Gasteiger partial charge is 0.120 e. The Hall–Kier alpha value is -1.02. The van der Waals surface area contributed by atoms with Crippen LogP contribution >= 0.6 is 0 Å². The molecule has 1 fully saturated rings. The molecule has 2 nitrogen and oxygen atoms in total. The Morgan fingerprint density at radius 2 is 1.80 bits per heavy atom. The third kappa shape index (κ3) is 4.24. The summed E-state index contributed by atoms with van der Waals surface area (Å²) in [6.45, 7) is 10.9. The van der Waals surface area contributed by atoms with Crippen molar-refractivity contribution in [3.63, 3.8) is 0 Å². The largest absolute Gasteiger partial charge is 0.487 e. The minimum atomic E-state index is 0.0875. The van der Waals surface area contributed by atoms with Crippen LogP contribution in [0.1, 0.15) is 50.7 Å². The Balaban J connectivity index is 1.90. The molecule has 20 heavy (non-hydrogen) atoms. The molecule has 1 N–H and O–H groups in total. The van der Waals surface area contributed by atoms with Gasteiger partial charge in [-0.05, 0) is 81.8 Å². The molecule has 0 aromatic heterocycles. The van der Waals surface area contributed by atoms with E-state index in [1.165, 1.54) is 30.4 Å². The summed E-state index contributed by atoms with van der Waals surface area (Å²) in [7, 11) is 0. The van der Waals surface area contributed by atoms with Crippen molar-refractivity contribution in [2.75, 3.05) is 13.1 Å². The first-order valence-electron chi connectivity index (χ1n) is 7.97. The Morgan fingerprint density at radius 3 is 2.30 bits per heavy atom. The Morgan fingerprint density at radius 1 is 1.15 bits per heavy atom. The quantitative estimate of drug-likeness (QED) is 0.751. The number of hydrogen-bond acceptors (Lipinski definition) is 2. The lowest BCUT2D eigenvalue weighted by Gasteiger charge is -2.42. The average molecular weight is 275 g/mol. The summed E-state index contributed by atoms with van der Waals surface area (Å²) in [5.74, 6) is 1.76. The lowest BCUT2D eigenvalue weighted by atomic mass is 9.77. The molecule has 1 aromatic carbocycles. The van der Waals surface area contributed by atoms with E-state index < -0.39 is 0 Å². The average Bonchev–Trinajstić information content (AvgIpc) is 2.29. The molecule has 1 aromatic rings. The van der Waals surface area contributed by atoms with Crippen LogP contribution in [0.4, 0.5) is 0 Å². The normalized spacial score (nSPS) is 17.1. The van der Waals surface area contributed by atoms with Crippen molar-refractivity contribution in [2.24, 2.45) is 5.92 Å². The molecule has 0 unspecified atom stereocenters. The van der Waals surface area contributed by atoms with Crippen molar-refractivity contribution < 1.29 is 4.74 Å². The maximum Gasteiger partial charge on any atom is 0.120 e. The van der Waals surface area contributed by atoms with Crippen LogP contribution < -0.4 is 10.1 Å². The van der Waals surface area contributed by atoms with E-state index in [0.717, 1.165) is 25.3 Å². The second kappa shape index (κ2) is 6.62. The van der Waals surface area contributed by atoms with Gasteiger partial charge in [0.1, 0.15) is 11.4 Å². The van der Waals surface area contributed by atoms with E-state index >= 15 is 0 Å². The Bertz CT molecular complexity index is 415. The van der Waals surface area contributed by atoms with Crippen LogP contribution in [0.3, 0.4) is 0 Å². The van der Waals surface area contributed by atoms with E-state index in [1.807, 2.05) is 0 Å². The van der Waals surface area contributed by atoms with E-state index in [2.05, 4.69) is 51.2 Å². The predicted octanol–water partition coefficient (Wildman–Crippen LogP) is 4.24. The zero-order chi connectivity index (χ0) is 14.6. The van der Waals surface area contributed by atoms with Gasteiger partial charge in [0, 0.05) is 0 Å². The summed E-state index contributed by atoms with van der Waals surface area (Å²) in [6, 6.07) is 6.52. The van der Waals surface area contributed by atoms with Gasteiger partial charge in [0.15, 0.2) is 0 Å². The molecule has 0 heterocycles. The lowest BCUT2D eigenvalue weighted by molar-refractivity contribution is -0.0143. The minimum absolute atomic E-state index is 0.0875. The van der Waals surface area contributed by atoms with Crippen LogP contribution in [0.15, 0.2) is 18.2 Å². The first kappa shape index (κ1) is 15.4. The van der Waals surface area contributed by atoms with Gasteiger partial charge in [0.25, 0.3) is 0 Å². The zero-order valence-electron chi connectivity index (χ0n) is 13.5. The van der Waals surface area contributed by atoms with Crippen LogP contribution in [0.5, 0.6) is 5.75 Å². The summed E-state index contributed by atoms with van der Waals surface area (Å²) < 4.78 is 6.37.